The molecular formula is C24H35N7O6S. The number of nitrogens with one attached hydrogen (secondary N) is 4. The van der Waals surface area contributed by atoms with Crippen LogP contribution in [0.15, 0.2) is 30.5 Å². The van der Waals surface area contributed by atoms with Crippen LogP contribution in [0, 0.1) is 0 Å². The van der Waals surface area contributed by atoms with E-state index in [1.54, 1.807) is 6.20 Å². The quantitative estimate of drug-likeness (QED) is 0.0881. The van der Waals surface area contributed by atoms with Gasteiger partial charge >= 0.3 is 5.97 Å². The average Bonchev–Trinajstić information content (AvgIpc) is 3.28. The lowest BCUT2D eigenvalue weighted by molar-refractivity contribution is -0.141. The lowest BCUT2D eigenvalue weighted by atomic mass is 10.0. The Labute approximate surface area is 225 Å². The van der Waals surface area contributed by atoms with Gasteiger partial charge in [0.1, 0.15) is 18.1 Å². The van der Waals surface area contributed by atoms with E-state index >= 15 is 0 Å². The number of carbonyl (C=O) groups excluding carboxylic acids is 4. The summed E-state index contributed by atoms with van der Waals surface area (Å²) < 4.78 is 0. The van der Waals surface area contributed by atoms with Crippen LogP contribution in [0.1, 0.15) is 31.2 Å². The van der Waals surface area contributed by atoms with Crippen molar-refractivity contribution in [1.29, 1.82) is 0 Å². The summed E-state index contributed by atoms with van der Waals surface area (Å²) in [6, 6.07) is 2.47. The normalized spacial score (nSPS) is 14.2. The molecule has 1 heterocycles. The fourth-order valence-electron chi connectivity index (χ4n) is 3.79. The van der Waals surface area contributed by atoms with Crippen LogP contribution in [0.2, 0.25) is 0 Å². The average molecular weight is 550 g/mol. The summed E-state index contributed by atoms with van der Waals surface area (Å²) in [4.78, 5) is 64.9. The summed E-state index contributed by atoms with van der Waals surface area (Å²) in [5.41, 5.74) is 18.3. The molecule has 0 fully saturated rings. The van der Waals surface area contributed by atoms with Crippen molar-refractivity contribution in [3.05, 3.63) is 36.0 Å². The van der Waals surface area contributed by atoms with Gasteiger partial charge in [0.25, 0.3) is 0 Å². The Hall–Kier alpha value is -3.62. The summed E-state index contributed by atoms with van der Waals surface area (Å²) in [5, 5.41) is 17.3. The number of primary amides is 1. The molecule has 1 aromatic carbocycles. The summed E-state index contributed by atoms with van der Waals surface area (Å²) in [7, 11) is 0. The molecule has 11 N–H and O–H groups in total. The summed E-state index contributed by atoms with van der Waals surface area (Å²) in [6.07, 6.45) is 2.82. The highest BCUT2D eigenvalue weighted by Gasteiger charge is 2.31. The molecule has 4 unspecified atom stereocenters. The molecular weight excluding hydrogens is 514 g/mol. The van der Waals surface area contributed by atoms with Gasteiger partial charge in [0.15, 0.2) is 0 Å². The first-order valence-electron chi connectivity index (χ1n) is 12.1. The number of nitrogens with two attached hydrogens (primary N) is 3. The number of carboxylic acid groups (broad SMARTS) is 1. The SMILES string of the molecule is NCCCCC(N)C(=O)NC(Cc1c[nH]c2ccccc12)C(=O)NC(CC(N)=O)C(=O)NC(CS)C(=O)O. The molecule has 2 rings (SSSR count). The van der Waals surface area contributed by atoms with Gasteiger partial charge in [-0.15, -0.1) is 0 Å². The van der Waals surface area contributed by atoms with Crippen LogP contribution in [0.25, 0.3) is 10.9 Å². The molecule has 0 saturated heterocycles. The Kier molecular flexibility index (Phi) is 12.0. The molecule has 0 aliphatic rings. The minimum Gasteiger partial charge on any atom is -0.480 e. The number of amides is 4. The summed E-state index contributed by atoms with van der Waals surface area (Å²) in [5.74, 6) is -4.75. The van der Waals surface area contributed by atoms with Gasteiger partial charge in [0.05, 0.1) is 12.5 Å². The number of benzene rings is 1. The second-order valence-electron chi connectivity index (χ2n) is 8.83. The van der Waals surface area contributed by atoms with E-state index in [-0.39, 0.29) is 12.2 Å². The molecule has 4 amide bonds. The Bertz CT molecular complexity index is 1140. The van der Waals surface area contributed by atoms with Gasteiger partial charge in [0.2, 0.25) is 23.6 Å². The molecule has 14 heteroatoms. The smallest absolute Gasteiger partial charge is 0.327 e. The van der Waals surface area contributed by atoms with E-state index in [0.717, 1.165) is 16.5 Å². The van der Waals surface area contributed by atoms with Gasteiger partial charge in [-0.25, -0.2) is 4.79 Å². The molecule has 0 bridgehead atoms. The third-order valence-electron chi connectivity index (χ3n) is 5.87. The molecule has 38 heavy (non-hydrogen) atoms. The fourth-order valence-corrected chi connectivity index (χ4v) is 4.04. The molecule has 208 valence electrons. The lowest BCUT2D eigenvalue weighted by Crippen LogP contribution is -2.58. The highest BCUT2D eigenvalue weighted by molar-refractivity contribution is 7.80. The third kappa shape index (κ3) is 9.04. The second kappa shape index (κ2) is 15.0. The van der Waals surface area contributed by atoms with Crippen LogP contribution in [0.5, 0.6) is 0 Å². The molecule has 0 spiro atoms. The van der Waals surface area contributed by atoms with E-state index in [0.29, 0.717) is 25.8 Å². The van der Waals surface area contributed by atoms with Gasteiger partial charge in [-0.2, -0.15) is 12.6 Å². The van der Waals surface area contributed by atoms with E-state index in [2.05, 4.69) is 33.6 Å². The first-order valence-corrected chi connectivity index (χ1v) is 12.7. The van der Waals surface area contributed by atoms with Crippen LogP contribution in [0.3, 0.4) is 0 Å². The van der Waals surface area contributed by atoms with Crippen molar-refractivity contribution in [3.8, 4) is 0 Å². The van der Waals surface area contributed by atoms with Crippen molar-refractivity contribution in [1.82, 2.24) is 20.9 Å². The van der Waals surface area contributed by atoms with Gasteiger partial charge in [-0.1, -0.05) is 24.6 Å². The number of carboxylic acids is 1. The number of hydrogen-bond acceptors (Lipinski definition) is 8. The standard InChI is InChI=1S/C24H35N7O6S/c25-8-4-3-6-15(26)21(33)29-17(9-13-11-28-16-7-2-1-5-14(13)16)22(34)30-18(10-20(27)32)23(35)31-19(12-38)24(36)37/h1-2,5,7,11,15,17-19,28,38H,3-4,6,8-10,12,25-26H2,(H2,27,32)(H,29,33)(H,30,34)(H,31,35)(H,36,37). The molecule has 0 aliphatic heterocycles. The minimum atomic E-state index is -1.48. The number of unbranched alkanes of at least 4 members (excludes halogenated alkanes) is 1. The van der Waals surface area contributed by atoms with E-state index < -0.39 is 60.2 Å². The van der Waals surface area contributed by atoms with Crippen molar-refractivity contribution in [3.63, 3.8) is 0 Å². The predicted molar refractivity (Wildman–Crippen MR) is 144 cm³/mol. The van der Waals surface area contributed by atoms with Crippen molar-refractivity contribution in [2.75, 3.05) is 12.3 Å². The minimum absolute atomic E-state index is 0.0381. The number of aliphatic carboxylic acids is 1. The van der Waals surface area contributed by atoms with Crippen molar-refractivity contribution in [2.24, 2.45) is 17.2 Å². The molecule has 4 atom stereocenters. The first-order chi connectivity index (χ1) is 18.1. The number of H-pyrrole nitrogens is 1. The zero-order chi connectivity index (χ0) is 28.2. The zero-order valence-electron chi connectivity index (χ0n) is 20.8. The maximum atomic E-state index is 13.4. The fraction of sp³-hybridized carbons (Fsp3) is 0.458. The number of aromatic nitrogens is 1. The van der Waals surface area contributed by atoms with Crippen LogP contribution >= 0.6 is 12.6 Å². The van der Waals surface area contributed by atoms with Gasteiger partial charge in [-0.3, -0.25) is 19.2 Å². The Morgan fingerprint density at radius 3 is 2.21 bits per heavy atom. The van der Waals surface area contributed by atoms with Crippen molar-refractivity contribution >= 4 is 53.1 Å². The molecule has 1 aromatic heterocycles. The van der Waals surface area contributed by atoms with Crippen LogP contribution in [-0.2, 0) is 30.4 Å². The number of hydrogen-bond donors (Lipinski definition) is 9. The Morgan fingerprint density at radius 2 is 1.58 bits per heavy atom. The Balaban J connectivity index is 2.27. The number of thiol groups is 1. The number of rotatable bonds is 16. The van der Waals surface area contributed by atoms with Crippen LogP contribution in [-0.4, -0.2) is 76.2 Å². The van der Waals surface area contributed by atoms with Crippen molar-refractivity contribution in [2.45, 2.75) is 56.3 Å². The number of fused-ring (bicyclic) bond motifs is 1. The summed E-state index contributed by atoms with van der Waals surface area (Å²) in [6.45, 7) is 0.458. The second-order valence-corrected chi connectivity index (χ2v) is 9.19. The van der Waals surface area contributed by atoms with E-state index in [9.17, 15) is 29.1 Å². The highest BCUT2D eigenvalue weighted by Crippen LogP contribution is 2.19. The third-order valence-corrected chi connectivity index (χ3v) is 6.24. The molecule has 0 aliphatic carbocycles. The van der Waals surface area contributed by atoms with Crippen molar-refractivity contribution < 1.29 is 29.1 Å². The van der Waals surface area contributed by atoms with Gasteiger partial charge < -0.3 is 43.2 Å². The number of carbonyl (C=O) groups is 5. The topological polar surface area (TPSA) is 236 Å². The molecule has 0 radical (unpaired) electrons. The van der Waals surface area contributed by atoms with E-state index in [4.69, 9.17) is 17.2 Å². The number of para-hydroxylation sites is 1. The van der Waals surface area contributed by atoms with Gasteiger partial charge in [-0.05, 0) is 31.0 Å². The molecule has 0 saturated carbocycles. The zero-order valence-corrected chi connectivity index (χ0v) is 21.7. The largest absolute Gasteiger partial charge is 0.480 e. The first kappa shape index (κ1) is 30.6. The van der Waals surface area contributed by atoms with Crippen LogP contribution < -0.4 is 33.2 Å². The maximum Gasteiger partial charge on any atom is 0.327 e. The van der Waals surface area contributed by atoms with Crippen LogP contribution in [0.4, 0.5) is 0 Å². The maximum absolute atomic E-state index is 13.4. The van der Waals surface area contributed by atoms with E-state index in [1.807, 2.05) is 24.3 Å². The molecule has 2 aromatic rings. The number of aromatic amines is 1. The Morgan fingerprint density at radius 1 is 0.947 bits per heavy atom. The van der Waals surface area contributed by atoms with E-state index in [1.165, 1.54) is 0 Å². The monoisotopic (exact) mass is 549 g/mol. The lowest BCUT2D eigenvalue weighted by Gasteiger charge is -2.24. The molecule has 13 nitrogen and oxygen atoms in total. The highest BCUT2D eigenvalue weighted by atomic mass is 32.1. The predicted octanol–water partition coefficient (Wildman–Crippen LogP) is -1.49. The van der Waals surface area contributed by atoms with Gasteiger partial charge in [0, 0.05) is 29.3 Å². The summed E-state index contributed by atoms with van der Waals surface area (Å²) >= 11 is 3.89.